The number of ether oxygens (including phenoxy) is 3. The minimum Gasteiger partial charge on any atom is -0.496 e. The Bertz CT molecular complexity index is 453. The fourth-order valence-electron chi connectivity index (χ4n) is 2.52. The maximum absolute atomic E-state index is 10.2. The van der Waals surface area contributed by atoms with E-state index >= 15 is 0 Å². The van der Waals surface area contributed by atoms with Gasteiger partial charge < -0.3 is 19.3 Å². The molecule has 0 bridgehead atoms. The normalized spacial score (nSPS) is 29.8. The average Bonchev–Trinajstić information content (AvgIpc) is 3.18. The standard InChI is InChI=1S/C14H18O4/c1-8-14(15)10-3-4-13(16-2)11(5-9-6-18-9)12(10)7-17-8/h3-4,8-9,14-15H,5-7H2,1-2H3. The Morgan fingerprint density at radius 2 is 2.17 bits per heavy atom. The first-order valence-electron chi connectivity index (χ1n) is 6.30. The molecule has 0 amide bonds. The van der Waals surface area contributed by atoms with Crippen molar-refractivity contribution in [3.8, 4) is 5.75 Å². The van der Waals surface area contributed by atoms with Crippen molar-refractivity contribution in [1.82, 2.24) is 0 Å². The molecule has 0 saturated carbocycles. The van der Waals surface area contributed by atoms with Gasteiger partial charge in [0.05, 0.1) is 32.5 Å². The number of epoxide rings is 1. The van der Waals surface area contributed by atoms with E-state index in [1.165, 1.54) is 0 Å². The Labute approximate surface area is 106 Å². The Hall–Kier alpha value is -1.10. The van der Waals surface area contributed by atoms with E-state index in [0.717, 1.165) is 35.5 Å². The Kier molecular flexibility index (Phi) is 3.01. The van der Waals surface area contributed by atoms with E-state index < -0.39 is 6.10 Å². The highest BCUT2D eigenvalue weighted by Crippen LogP contribution is 2.37. The molecule has 1 aromatic rings. The van der Waals surface area contributed by atoms with Crippen LogP contribution in [0.2, 0.25) is 0 Å². The summed E-state index contributed by atoms with van der Waals surface area (Å²) >= 11 is 0. The van der Waals surface area contributed by atoms with Crippen LogP contribution in [0.1, 0.15) is 29.7 Å². The molecule has 2 aliphatic rings. The highest BCUT2D eigenvalue weighted by Gasteiger charge is 2.31. The number of hydrogen-bond donors (Lipinski definition) is 1. The molecule has 1 fully saturated rings. The minimum absolute atomic E-state index is 0.157. The molecular formula is C14H18O4. The summed E-state index contributed by atoms with van der Waals surface area (Å²) < 4.78 is 16.3. The van der Waals surface area contributed by atoms with Crippen molar-refractivity contribution in [3.05, 3.63) is 28.8 Å². The van der Waals surface area contributed by atoms with Gasteiger partial charge in [-0.2, -0.15) is 0 Å². The number of benzene rings is 1. The molecule has 1 saturated heterocycles. The highest BCUT2D eigenvalue weighted by atomic mass is 16.6. The number of fused-ring (bicyclic) bond motifs is 1. The molecule has 98 valence electrons. The first kappa shape index (κ1) is 12.0. The summed E-state index contributed by atoms with van der Waals surface area (Å²) in [4.78, 5) is 0. The van der Waals surface area contributed by atoms with Gasteiger partial charge in [0.2, 0.25) is 0 Å². The van der Waals surface area contributed by atoms with Crippen LogP contribution in [0.25, 0.3) is 0 Å². The van der Waals surface area contributed by atoms with Gasteiger partial charge in [-0.15, -0.1) is 0 Å². The van der Waals surface area contributed by atoms with E-state index in [4.69, 9.17) is 14.2 Å². The van der Waals surface area contributed by atoms with E-state index in [9.17, 15) is 5.11 Å². The fourth-order valence-corrected chi connectivity index (χ4v) is 2.52. The smallest absolute Gasteiger partial charge is 0.122 e. The Morgan fingerprint density at radius 1 is 1.39 bits per heavy atom. The van der Waals surface area contributed by atoms with E-state index in [1.807, 2.05) is 19.1 Å². The van der Waals surface area contributed by atoms with Crippen molar-refractivity contribution >= 4 is 0 Å². The zero-order valence-electron chi connectivity index (χ0n) is 10.7. The summed E-state index contributed by atoms with van der Waals surface area (Å²) in [7, 11) is 1.67. The van der Waals surface area contributed by atoms with Crippen LogP contribution in [0.5, 0.6) is 5.75 Å². The summed E-state index contributed by atoms with van der Waals surface area (Å²) in [6.07, 6.45) is 0.410. The molecule has 4 nitrogen and oxygen atoms in total. The van der Waals surface area contributed by atoms with E-state index in [2.05, 4.69) is 0 Å². The molecule has 0 aliphatic carbocycles. The number of rotatable bonds is 3. The lowest BCUT2D eigenvalue weighted by Gasteiger charge is -2.30. The van der Waals surface area contributed by atoms with Crippen molar-refractivity contribution in [1.29, 1.82) is 0 Å². The van der Waals surface area contributed by atoms with Crippen molar-refractivity contribution in [2.75, 3.05) is 13.7 Å². The van der Waals surface area contributed by atoms with E-state index in [1.54, 1.807) is 7.11 Å². The van der Waals surface area contributed by atoms with Crippen molar-refractivity contribution in [2.45, 2.75) is 38.3 Å². The van der Waals surface area contributed by atoms with Gasteiger partial charge in [0, 0.05) is 12.0 Å². The second-order valence-corrected chi connectivity index (χ2v) is 4.93. The van der Waals surface area contributed by atoms with Crippen LogP contribution in [0, 0.1) is 0 Å². The van der Waals surface area contributed by atoms with Crippen molar-refractivity contribution in [2.24, 2.45) is 0 Å². The molecular weight excluding hydrogens is 232 g/mol. The van der Waals surface area contributed by atoms with Crippen LogP contribution in [-0.4, -0.2) is 31.0 Å². The maximum Gasteiger partial charge on any atom is 0.122 e. The molecule has 3 rings (SSSR count). The summed E-state index contributed by atoms with van der Waals surface area (Å²) in [6, 6.07) is 3.87. The van der Waals surface area contributed by atoms with Gasteiger partial charge in [0.1, 0.15) is 11.9 Å². The van der Waals surface area contributed by atoms with Crippen LogP contribution in [0.15, 0.2) is 12.1 Å². The highest BCUT2D eigenvalue weighted by molar-refractivity contribution is 5.47. The van der Waals surface area contributed by atoms with E-state index in [-0.39, 0.29) is 6.10 Å². The predicted molar refractivity (Wildman–Crippen MR) is 65.6 cm³/mol. The maximum atomic E-state index is 10.2. The zero-order chi connectivity index (χ0) is 12.7. The molecule has 2 aliphatic heterocycles. The summed E-state index contributed by atoms with van der Waals surface area (Å²) in [6.45, 7) is 3.24. The summed E-state index contributed by atoms with van der Waals surface area (Å²) in [5, 5.41) is 10.2. The molecule has 1 N–H and O–H groups in total. The first-order valence-corrected chi connectivity index (χ1v) is 6.30. The molecule has 3 atom stereocenters. The molecule has 0 aromatic heterocycles. The molecule has 3 unspecified atom stereocenters. The van der Waals surface area contributed by atoms with Crippen LogP contribution in [0.3, 0.4) is 0 Å². The third-order valence-corrected chi connectivity index (χ3v) is 3.73. The van der Waals surface area contributed by atoms with Gasteiger partial charge in [-0.05, 0) is 24.1 Å². The third kappa shape index (κ3) is 2.00. The predicted octanol–water partition coefficient (Wildman–Crippen LogP) is 1.59. The molecule has 4 heteroatoms. The number of hydrogen-bond acceptors (Lipinski definition) is 4. The molecule has 18 heavy (non-hydrogen) atoms. The quantitative estimate of drug-likeness (QED) is 0.828. The van der Waals surface area contributed by atoms with Gasteiger partial charge in [-0.1, -0.05) is 6.07 Å². The number of aliphatic hydroxyl groups is 1. The molecule has 1 aromatic carbocycles. The minimum atomic E-state index is -0.557. The first-order chi connectivity index (χ1) is 8.70. The van der Waals surface area contributed by atoms with Gasteiger partial charge in [0.15, 0.2) is 0 Å². The number of methoxy groups -OCH3 is 1. The largest absolute Gasteiger partial charge is 0.496 e. The zero-order valence-corrected chi connectivity index (χ0v) is 10.7. The summed E-state index contributed by atoms with van der Waals surface area (Å²) in [5.41, 5.74) is 3.14. The molecule has 0 radical (unpaired) electrons. The van der Waals surface area contributed by atoms with Crippen LogP contribution < -0.4 is 4.74 Å². The van der Waals surface area contributed by atoms with Crippen LogP contribution >= 0.6 is 0 Å². The second kappa shape index (κ2) is 4.53. The van der Waals surface area contributed by atoms with Gasteiger partial charge in [-0.25, -0.2) is 0 Å². The second-order valence-electron chi connectivity index (χ2n) is 4.93. The Balaban J connectivity index is 2.03. The average molecular weight is 250 g/mol. The van der Waals surface area contributed by atoms with Crippen molar-refractivity contribution in [3.63, 3.8) is 0 Å². The third-order valence-electron chi connectivity index (χ3n) is 3.73. The summed E-state index contributed by atoms with van der Waals surface area (Å²) in [5.74, 6) is 0.856. The van der Waals surface area contributed by atoms with Gasteiger partial charge >= 0.3 is 0 Å². The lowest BCUT2D eigenvalue weighted by Crippen LogP contribution is -2.26. The van der Waals surface area contributed by atoms with Gasteiger partial charge in [-0.3, -0.25) is 0 Å². The van der Waals surface area contributed by atoms with E-state index in [0.29, 0.717) is 12.7 Å². The lowest BCUT2D eigenvalue weighted by atomic mass is 9.90. The van der Waals surface area contributed by atoms with Crippen molar-refractivity contribution < 1.29 is 19.3 Å². The van der Waals surface area contributed by atoms with Gasteiger partial charge in [0.25, 0.3) is 0 Å². The topological polar surface area (TPSA) is 51.2 Å². The number of aliphatic hydroxyl groups excluding tert-OH is 1. The monoisotopic (exact) mass is 250 g/mol. The SMILES string of the molecule is COc1ccc2c(c1CC1CO1)COC(C)C2O. The molecule has 2 heterocycles. The lowest BCUT2D eigenvalue weighted by molar-refractivity contribution is -0.0529. The molecule has 0 spiro atoms. The van der Waals surface area contributed by atoms with Crippen LogP contribution in [0.4, 0.5) is 0 Å². The van der Waals surface area contributed by atoms with Crippen LogP contribution in [-0.2, 0) is 22.5 Å². The fraction of sp³-hybridized carbons (Fsp3) is 0.571. The Morgan fingerprint density at radius 3 is 2.83 bits per heavy atom.